The van der Waals surface area contributed by atoms with Gasteiger partial charge >= 0.3 is 10.2 Å². The molecule has 6 nitrogen and oxygen atoms in total. The van der Waals surface area contributed by atoms with Gasteiger partial charge in [-0.15, -0.1) is 0 Å². The molecule has 2 rings (SSSR count). The van der Waals surface area contributed by atoms with E-state index in [1.54, 1.807) is 24.3 Å². The van der Waals surface area contributed by atoms with E-state index in [1.807, 2.05) is 6.07 Å². The molecule has 1 heterocycles. The van der Waals surface area contributed by atoms with E-state index in [4.69, 9.17) is 10.00 Å². The topological polar surface area (TPSA) is 82.4 Å². The molecule has 1 aromatic rings. The molecule has 0 amide bonds. The second-order valence-electron chi connectivity index (χ2n) is 4.89. The van der Waals surface area contributed by atoms with Crippen LogP contribution in [0.2, 0.25) is 0 Å². The molecule has 1 aromatic carbocycles. The third-order valence-corrected chi connectivity index (χ3v) is 4.83. The first kappa shape index (κ1) is 15.6. The first-order valence-electron chi connectivity index (χ1n) is 6.99. The summed E-state index contributed by atoms with van der Waals surface area (Å²) >= 11 is 0. The van der Waals surface area contributed by atoms with Crippen LogP contribution in [0.1, 0.15) is 25.7 Å². The Labute approximate surface area is 125 Å². The van der Waals surface area contributed by atoms with Crippen LogP contribution in [0, 0.1) is 11.3 Å². The van der Waals surface area contributed by atoms with E-state index in [0.29, 0.717) is 24.5 Å². The largest absolute Gasteiger partial charge is 0.479 e. The number of rotatable bonds is 5. The van der Waals surface area contributed by atoms with E-state index in [9.17, 15) is 8.42 Å². The molecule has 0 bridgehead atoms. The number of nitriles is 1. The maximum atomic E-state index is 12.4. The van der Waals surface area contributed by atoms with E-state index >= 15 is 0 Å². The maximum absolute atomic E-state index is 12.4. The number of anilines is 1. The third kappa shape index (κ3) is 4.62. The summed E-state index contributed by atoms with van der Waals surface area (Å²) in [6.07, 6.45) is 3.94. The zero-order chi connectivity index (χ0) is 15.1. The van der Waals surface area contributed by atoms with Crippen LogP contribution in [0.15, 0.2) is 24.3 Å². The first-order chi connectivity index (χ1) is 10.1. The van der Waals surface area contributed by atoms with Gasteiger partial charge < -0.3 is 4.74 Å². The number of nitrogens with one attached hydrogen (secondary N) is 1. The van der Waals surface area contributed by atoms with Crippen LogP contribution in [0.4, 0.5) is 5.69 Å². The number of ether oxygens (including phenoxy) is 1. The van der Waals surface area contributed by atoms with Crippen LogP contribution >= 0.6 is 0 Å². The lowest BCUT2D eigenvalue weighted by molar-refractivity contribution is 0.368. The van der Waals surface area contributed by atoms with Gasteiger partial charge in [-0.25, -0.2) is 0 Å². The molecule has 0 spiro atoms. The minimum absolute atomic E-state index is 0.0671. The zero-order valence-electron chi connectivity index (χ0n) is 11.8. The summed E-state index contributed by atoms with van der Waals surface area (Å²) in [5.74, 6) is 0.465. The highest BCUT2D eigenvalue weighted by Gasteiger charge is 2.22. The fourth-order valence-electron chi connectivity index (χ4n) is 2.26. The van der Waals surface area contributed by atoms with E-state index < -0.39 is 10.2 Å². The monoisotopic (exact) mass is 309 g/mol. The van der Waals surface area contributed by atoms with Crippen molar-refractivity contribution in [3.8, 4) is 11.8 Å². The van der Waals surface area contributed by atoms with E-state index in [-0.39, 0.29) is 6.61 Å². The maximum Gasteiger partial charge on any atom is 0.301 e. The van der Waals surface area contributed by atoms with Gasteiger partial charge in [0.2, 0.25) is 0 Å². The third-order valence-electron chi connectivity index (χ3n) is 3.29. The van der Waals surface area contributed by atoms with E-state index in [1.165, 1.54) is 4.31 Å². The van der Waals surface area contributed by atoms with Crippen LogP contribution in [0.3, 0.4) is 0 Å². The van der Waals surface area contributed by atoms with Gasteiger partial charge in [-0.2, -0.15) is 18.0 Å². The fraction of sp³-hybridized carbons (Fsp3) is 0.500. The highest BCUT2D eigenvalue weighted by Crippen LogP contribution is 2.20. The van der Waals surface area contributed by atoms with Crippen LogP contribution < -0.4 is 9.46 Å². The van der Waals surface area contributed by atoms with Crippen molar-refractivity contribution < 1.29 is 13.2 Å². The molecular formula is C14H19N3O3S. The molecule has 0 radical (unpaired) electrons. The molecule has 0 aliphatic carbocycles. The van der Waals surface area contributed by atoms with Gasteiger partial charge in [0.1, 0.15) is 11.8 Å². The van der Waals surface area contributed by atoms with E-state index in [0.717, 1.165) is 25.7 Å². The smallest absolute Gasteiger partial charge is 0.301 e. The Morgan fingerprint density at radius 2 is 1.95 bits per heavy atom. The van der Waals surface area contributed by atoms with Gasteiger partial charge in [0.15, 0.2) is 6.61 Å². The fourth-order valence-corrected chi connectivity index (χ4v) is 3.55. The van der Waals surface area contributed by atoms with Crippen molar-refractivity contribution in [1.29, 1.82) is 5.26 Å². The quantitative estimate of drug-likeness (QED) is 0.903. The molecule has 114 valence electrons. The molecule has 1 aliphatic heterocycles. The molecule has 7 heteroatoms. The summed E-state index contributed by atoms with van der Waals surface area (Å²) < 4.78 is 33.9. The summed E-state index contributed by atoms with van der Waals surface area (Å²) in [4.78, 5) is 0. The van der Waals surface area contributed by atoms with Gasteiger partial charge in [-0.3, -0.25) is 4.72 Å². The van der Waals surface area contributed by atoms with Crippen LogP contribution in [0.25, 0.3) is 0 Å². The second-order valence-corrected chi connectivity index (χ2v) is 6.57. The molecule has 1 fully saturated rings. The molecule has 0 unspecified atom stereocenters. The number of hydrogen-bond acceptors (Lipinski definition) is 4. The average molecular weight is 309 g/mol. The van der Waals surface area contributed by atoms with E-state index in [2.05, 4.69) is 4.72 Å². The van der Waals surface area contributed by atoms with Crippen LogP contribution in [-0.2, 0) is 10.2 Å². The predicted octanol–water partition coefficient (Wildman–Crippen LogP) is 2.12. The Balaban J connectivity index is 2.07. The molecule has 1 aliphatic rings. The first-order valence-corrected chi connectivity index (χ1v) is 8.43. The lowest BCUT2D eigenvalue weighted by Gasteiger charge is -2.20. The predicted molar refractivity (Wildman–Crippen MR) is 80.1 cm³/mol. The van der Waals surface area contributed by atoms with Crippen molar-refractivity contribution in [2.45, 2.75) is 25.7 Å². The van der Waals surface area contributed by atoms with Crippen molar-refractivity contribution in [2.24, 2.45) is 0 Å². The van der Waals surface area contributed by atoms with Gasteiger partial charge in [0, 0.05) is 19.2 Å². The van der Waals surface area contributed by atoms with Gasteiger partial charge in [0.05, 0.1) is 5.69 Å². The lowest BCUT2D eigenvalue weighted by Crippen LogP contribution is -2.36. The van der Waals surface area contributed by atoms with Gasteiger partial charge in [-0.1, -0.05) is 18.9 Å². The minimum atomic E-state index is -3.53. The second kappa shape index (κ2) is 7.29. The summed E-state index contributed by atoms with van der Waals surface area (Å²) in [6, 6.07) is 8.48. The van der Waals surface area contributed by atoms with Crippen molar-refractivity contribution in [3.63, 3.8) is 0 Å². The Hall–Kier alpha value is -1.78. The normalized spacial score (nSPS) is 16.7. The van der Waals surface area contributed by atoms with Crippen LogP contribution in [-0.4, -0.2) is 32.4 Å². The highest BCUT2D eigenvalue weighted by atomic mass is 32.2. The van der Waals surface area contributed by atoms with Crippen LogP contribution in [0.5, 0.6) is 5.75 Å². The Bertz CT molecular complexity index is 602. The van der Waals surface area contributed by atoms with Crippen molar-refractivity contribution in [1.82, 2.24) is 4.31 Å². The molecule has 1 N–H and O–H groups in total. The van der Waals surface area contributed by atoms with Crippen molar-refractivity contribution in [2.75, 3.05) is 24.4 Å². The van der Waals surface area contributed by atoms with Gasteiger partial charge in [-0.05, 0) is 25.0 Å². The molecule has 0 atom stereocenters. The molecule has 21 heavy (non-hydrogen) atoms. The summed E-state index contributed by atoms with van der Waals surface area (Å²) in [6.45, 7) is 1.04. The summed E-state index contributed by atoms with van der Waals surface area (Å²) in [5.41, 5.74) is 0.440. The number of hydrogen-bond donors (Lipinski definition) is 1. The molecule has 1 saturated heterocycles. The lowest BCUT2D eigenvalue weighted by atomic mass is 10.2. The standard InChI is InChI=1S/C14H19N3O3S/c15-8-11-20-14-7-5-6-13(12-14)16-21(18,19)17-9-3-1-2-4-10-17/h5-7,12,16H,1-4,9-11H2. The Morgan fingerprint density at radius 1 is 1.24 bits per heavy atom. The highest BCUT2D eigenvalue weighted by molar-refractivity contribution is 7.90. The average Bonchev–Trinajstić information content (AvgIpc) is 2.74. The summed E-state index contributed by atoms with van der Waals surface area (Å²) in [7, 11) is -3.53. The Kier molecular flexibility index (Phi) is 5.42. The SMILES string of the molecule is N#CCOc1cccc(NS(=O)(=O)N2CCCCCC2)c1. The van der Waals surface area contributed by atoms with Crippen molar-refractivity contribution in [3.05, 3.63) is 24.3 Å². The summed E-state index contributed by atoms with van der Waals surface area (Å²) in [5, 5.41) is 8.49. The zero-order valence-corrected chi connectivity index (χ0v) is 12.6. The Morgan fingerprint density at radius 3 is 2.62 bits per heavy atom. The number of nitrogens with zero attached hydrogens (tertiary/aromatic N) is 2. The van der Waals surface area contributed by atoms with Crippen molar-refractivity contribution >= 4 is 15.9 Å². The molecule has 0 aromatic heterocycles. The van der Waals surface area contributed by atoms with Gasteiger partial charge in [0.25, 0.3) is 0 Å². The minimum Gasteiger partial charge on any atom is -0.479 e. The molecular weight excluding hydrogens is 290 g/mol. The molecule has 0 saturated carbocycles. The number of benzene rings is 1.